The highest BCUT2D eigenvalue weighted by atomic mass is 32.2. The van der Waals surface area contributed by atoms with E-state index in [9.17, 15) is 13.2 Å². The molecule has 0 atom stereocenters. The van der Waals surface area contributed by atoms with Gasteiger partial charge in [0.25, 0.3) is 5.91 Å². The molecule has 4 aromatic rings. The monoisotopic (exact) mass is 479 g/mol. The number of sulfonamides is 1. The van der Waals surface area contributed by atoms with Crippen molar-refractivity contribution >= 4 is 38.1 Å². The van der Waals surface area contributed by atoms with Crippen molar-refractivity contribution in [1.82, 2.24) is 5.16 Å². The summed E-state index contributed by atoms with van der Waals surface area (Å²) in [6.07, 6.45) is 1.08. The number of hydrogen-bond donors (Lipinski definition) is 2. The molecule has 0 aliphatic heterocycles. The van der Waals surface area contributed by atoms with Crippen molar-refractivity contribution in [2.75, 3.05) is 16.3 Å². The van der Waals surface area contributed by atoms with Crippen molar-refractivity contribution in [3.63, 3.8) is 0 Å². The summed E-state index contributed by atoms with van der Waals surface area (Å²) >= 11 is 0. The van der Waals surface area contributed by atoms with Crippen molar-refractivity contribution < 1.29 is 22.5 Å². The van der Waals surface area contributed by atoms with Crippen LogP contribution in [0, 0.1) is 20.8 Å². The second-order valence-corrected chi connectivity index (χ2v) is 9.89. The van der Waals surface area contributed by atoms with Crippen LogP contribution in [-0.2, 0) is 16.6 Å². The van der Waals surface area contributed by atoms with Crippen LogP contribution < -0.4 is 14.8 Å². The molecule has 0 radical (unpaired) electrons. The highest BCUT2D eigenvalue weighted by Gasteiger charge is 2.17. The fraction of sp³-hybridized carbons (Fsp3) is 0.200. The van der Waals surface area contributed by atoms with Gasteiger partial charge >= 0.3 is 0 Å². The standard InChI is InChI=1S/C25H25N3O5S/c1-15-9-10-20(13-23(15)28-34(4,30)31)26-25(29)21-11-18-7-5-6-8-19(18)12-24(21)32-14-22-16(2)27-33-17(22)3/h5-13,28H,14H2,1-4H3,(H,26,29). The number of nitrogens with one attached hydrogen (secondary N) is 2. The maximum Gasteiger partial charge on any atom is 0.259 e. The van der Waals surface area contributed by atoms with Crippen LogP contribution in [0.1, 0.15) is 32.9 Å². The van der Waals surface area contributed by atoms with E-state index in [1.54, 1.807) is 31.2 Å². The molecule has 0 saturated carbocycles. The van der Waals surface area contributed by atoms with Crippen LogP contribution in [-0.4, -0.2) is 25.7 Å². The number of carbonyl (C=O) groups is 1. The molecule has 0 aliphatic rings. The fourth-order valence-corrected chi connectivity index (χ4v) is 4.20. The maximum atomic E-state index is 13.3. The topological polar surface area (TPSA) is 111 Å². The first-order valence-electron chi connectivity index (χ1n) is 10.6. The molecule has 0 bridgehead atoms. The summed E-state index contributed by atoms with van der Waals surface area (Å²) in [6.45, 7) is 5.63. The number of nitrogens with zero attached hydrogens (tertiary/aromatic N) is 1. The molecule has 4 rings (SSSR count). The van der Waals surface area contributed by atoms with Gasteiger partial charge in [-0.05, 0) is 61.4 Å². The number of anilines is 2. The van der Waals surface area contributed by atoms with Gasteiger partial charge in [-0.2, -0.15) is 0 Å². The van der Waals surface area contributed by atoms with Gasteiger partial charge in [0.05, 0.1) is 28.8 Å². The van der Waals surface area contributed by atoms with Crippen LogP contribution in [0.4, 0.5) is 11.4 Å². The van der Waals surface area contributed by atoms with Crippen molar-refractivity contribution in [3.8, 4) is 5.75 Å². The smallest absolute Gasteiger partial charge is 0.259 e. The van der Waals surface area contributed by atoms with Gasteiger partial charge in [-0.15, -0.1) is 0 Å². The van der Waals surface area contributed by atoms with Crippen LogP contribution in [0.5, 0.6) is 5.75 Å². The number of hydrogen-bond acceptors (Lipinski definition) is 6. The first kappa shape index (κ1) is 23.3. The predicted octanol–water partition coefficient (Wildman–Crippen LogP) is 4.96. The largest absolute Gasteiger partial charge is 0.488 e. The lowest BCUT2D eigenvalue weighted by atomic mass is 10.0. The number of aryl methyl sites for hydroxylation is 3. The van der Waals surface area contributed by atoms with E-state index in [2.05, 4.69) is 15.2 Å². The summed E-state index contributed by atoms with van der Waals surface area (Å²) in [6, 6.07) is 16.3. The van der Waals surface area contributed by atoms with E-state index >= 15 is 0 Å². The van der Waals surface area contributed by atoms with Gasteiger partial charge in [-0.3, -0.25) is 9.52 Å². The van der Waals surface area contributed by atoms with Gasteiger partial charge in [0.1, 0.15) is 18.1 Å². The first-order valence-corrected chi connectivity index (χ1v) is 12.5. The van der Waals surface area contributed by atoms with Crippen molar-refractivity contribution in [3.05, 3.63) is 82.7 Å². The Morgan fingerprint density at radius 1 is 1.03 bits per heavy atom. The quantitative estimate of drug-likeness (QED) is 0.388. The van der Waals surface area contributed by atoms with Gasteiger partial charge in [0, 0.05) is 5.69 Å². The molecular formula is C25H25N3O5S. The van der Waals surface area contributed by atoms with E-state index in [4.69, 9.17) is 9.26 Å². The highest BCUT2D eigenvalue weighted by Crippen LogP contribution is 2.29. The maximum absolute atomic E-state index is 13.3. The molecular weight excluding hydrogens is 454 g/mol. The summed E-state index contributed by atoms with van der Waals surface area (Å²) in [5.41, 5.74) is 3.49. The molecule has 9 heteroatoms. The number of fused-ring (bicyclic) bond motifs is 1. The van der Waals surface area contributed by atoms with E-state index in [0.29, 0.717) is 28.4 Å². The third kappa shape index (κ3) is 5.20. The van der Waals surface area contributed by atoms with Crippen LogP contribution in [0.3, 0.4) is 0 Å². The molecule has 0 fully saturated rings. The lowest BCUT2D eigenvalue weighted by molar-refractivity contribution is 0.102. The molecule has 0 spiro atoms. The zero-order valence-electron chi connectivity index (χ0n) is 19.3. The second-order valence-electron chi connectivity index (χ2n) is 8.14. The van der Waals surface area contributed by atoms with E-state index in [0.717, 1.165) is 33.8 Å². The predicted molar refractivity (Wildman–Crippen MR) is 132 cm³/mol. The lowest BCUT2D eigenvalue weighted by Gasteiger charge is -2.15. The van der Waals surface area contributed by atoms with Gasteiger partial charge in [-0.25, -0.2) is 8.42 Å². The number of amides is 1. The average molecular weight is 480 g/mol. The summed E-state index contributed by atoms with van der Waals surface area (Å²) in [7, 11) is -3.46. The summed E-state index contributed by atoms with van der Waals surface area (Å²) in [5, 5.41) is 8.62. The molecule has 0 unspecified atom stereocenters. The minimum Gasteiger partial charge on any atom is -0.488 e. The summed E-state index contributed by atoms with van der Waals surface area (Å²) < 4.78 is 37.1. The SMILES string of the molecule is Cc1ccc(NC(=O)c2cc3ccccc3cc2OCc2c(C)noc2C)cc1NS(C)(=O)=O. The lowest BCUT2D eigenvalue weighted by Crippen LogP contribution is -2.15. The number of rotatable bonds is 7. The normalized spacial score (nSPS) is 11.4. The van der Waals surface area contributed by atoms with Crippen LogP contribution >= 0.6 is 0 Å². The minimum absolute atomic E-state index is 0.201. The molecule has 1 heterocycles. The van der Waals surface area contributed by atoms with E-state index < -0.39 is 10.0 Å². The molecule has 2 N–H and O–H groups in total. The van der Waals surface area contributed by atoms with Crippen molar-refractivity contribution in [1.29, 1.82) is 0 Å². The fourth-order valence-electron chi connectivity index (χ4n) is 3.58. The van der Waals surface area contributed by atoms with Crippen molar-refractivity contribution in [2.24, 2.45) is 0 Å². The molecule has 0 saturated heterocycles. The van der Waals surface area contributed by atoms with Gasteiger partial charge in [0.2, 0.25) is 10.0 Å². The Morgan fingerprint density at radius 3 is 2.38 bits per heavy atom. The Labute approximate surface area is 198 Å². The first-order chi connectivity index (χ1) is 16.1. The van der Waals surface area contributed by atoms with E-state index in [-0.39, 0.29) is 12.5 Å². The molecule has 0 aliphatic carbocycles. The van der Waals surface area contributed by atoms with E-state index in [1.165, 1.54) is 0 Å². The Bertz CT molecular complexity index is 1470. The van der Waals surface area contributed by atoms with Gasteiger partial charge in [-0.1, -0.05) is 35.5 Å². The van der Waals surface area contributed by atoms with Crippen molar-refractivity contribution in [2.45, 2.75) is 27.4 Å². The second kappa shape index (κ2) is 9.18. The van der Waals surface area contributed by atoms with Gasteiger partial charge < -0.3 is 14.6 Å². The average Bonchev–Trinajstić information content (AvgIpc) is 3.10. The third-order valence-electron chi connectivity index (χ3n) is 5.44. The zero-order chi connectivity index (χ0) is 24.5. The molecule has 1 amide bonds. The van der Waals surface area contributed by atoms with Crippen LogP contribution in [0.25, 0.3) is 10.8 Å². The Hall–Kier alpha value is -3.85. The number of ether oxygens (including phenoxy) is 1. The highest BCUT2D eigenvalue weighted by molar-refractivity contribution is 7.92. The van der Waals surface area contributed by atoms with Crippen LogP contribution in [0.15, 0.2) is 59.1 Å². The minimum atomic E-state index is -3.46. The molecule has 8 nitrogen and oxygen atoms in total. The molecule has 3 aromatic carbocycles. The molecule has 176 valence electrons. The number of aromatic nitrogens is 1. The van der Waals surface area contributed by atoms with E-state index in [1.807, 2.05) is 44.2 Å². The van der Waals surface area contributed by atoms with Crippen LogP contribution in [0.2, 0.25) is 0 Å². The zero-order valence-corrected chi connectivity index (χ0v) is 20.1. The summed E-state index contributed by atoms with van der Waals surface area (Å²) in [5.74, 6) is 0.696. The summed E-state index contributed by atoms with van der Waals surface area (Å²) in [4.78, 5) is 13.3. The molecule has 34 heavy (non-hydrogen) atoms. The Kier molecular flexibility index (Phi) is 6.30. The third-order valence-corrected chi connectivity index (χ3v) is 6.03. The van der Waals surface area contributed by atoms with Gasteiger partial charge in [0.15, 0.2) is 0 Å². The number of benzene rings is 3. The Balaban J connectivity index is 1.66. The number of carbonyl (C=O) groups excluding carboxylic acids is 1. The molecule has 1 aromatic heterocycles. The Morgan fingerprint density at radius 2 is 1.74 bits per heavy atom.